The van der Waals surface area contributed by atoms with Gasteiger partial charge in [0.1, 0.15) is 0 Å². The summed E-state index contributed by atoms with van der Waals surface area (Å²) < 4.78 is 29.9. The first-order valence-electron chi connectivity index (χ1n) is 7.21. The smallest absolute Gasteiger partial charge is 0.309 e. The lowest BCUT2D eigenvalue weighted by atomic mass is 10.3. The normalized spacial score (nSPS) is 20.2. The Morgan fingerprint density at radius 1 is 1.26 bits per heavy atom. The predicted octanol–water partition coefficient (Wildman–Crippen LogP) is 1.07. The molecule has 0 spiro atoms. The minimum Gasteiger partial charge on any atom is -0.455 e. The van der Waals surface area contributed by atoms with Gasteiger partial charge >= 0.3 is 5.97 Å². The molecule has 1 saturated carbocycles. The van der Waals surface area contributed by atoms with E-state index < -0.39 is 15.9 Å². The lowest BCUT2D eigenvalue weighted by Gasteiger charge is -2.12. The SMILES string of the molecule is C[C@@H]1C[C@H]1C(=O)OCC(=O)Nc1ccc(S(=O)(=O)N(C)C)cc1. The first-order chi connectivity index (χ1) is 10.7. The summed E-state index contributed by atoms with van der Waals surface area (Å²) in [6.07, 6.45) is 0.808. The van der Waals surface area contributed by atoms with Crippen LogP contribution in [0.3, 0.4) is 0 Å². The van der Waals surface area contributed by atoms with Crippen molar-refractivity contribution in [2.45, 2.75) is 18.2 Å². The van der Waals surface area contributed by atoms with Gasteiger partial charge in [-0.3, -0.25) is 9.59 Å². The highest BCUT2D eigenvalue weighted by molar-refractivity contribution is 7.89. The number of rotatable bonds is 6. The van der Waals surface area contributed by atoms with E-state index in [0.717, 1.165) is 10.7 Å². The van der Waals surface area contributed by atoms with Crippen LogP contribution in [0.2, 0.25) is 0 Å². The van der Waals surface area contributed by atoms with Crippen molar-refractivity contribution >= 4 is 27.6 Å². The number of nitrogens with zero attached hydrogens (tertiary/aromatic N) is 1. The van der Waals surface area contributed by atoms with Gasteiger partial charge in [-0.2, -0.15) is 0 Å². The Morgan fingerprint density at radius 3 is 2.30 bits per heavy atom. The van der Waals surface area contributed by atoms with Gasteiger partial charge in [0.05, 0.1) is 10.8 Å². The average Bonchev–Trinajstić information content (AvgIpc) is 3.22. The van der Waals surface area contributed by atoms with Crippen LogP contribution in [0.25, 0.3) is 0 Å². The van der Waals surface area contributed by atoms with Crippen LogP contribution in [-0.4, -0.2) is 45.3 Å². The summed E-state index contributed by atoms with van der Waals surface area (Å²) in [5.74, 6) is -0.565. The maximum Gasteiger partial charge on any atom is 0.309 e. The number of hydrogen-bond acceptors (Lipinski definition) is 5. The van der Waals surface area contributed by atoms with E-state index in [1.54, 1.807) is 0 Å². The Hall–Kier alpha value is -1.93. The van der Waals surface area contributed by atoms with Crippen LogP contribution in [0, 0.1) is 11.8 Å². The summed E-state index contributed by atoms with van der Waals surface area (Å²) in [5, 5.41) is 2.55. The molecule has 1 N–H and O–H groups in total. The number of carbonyl (C=O) groups excluding carboxylic acids is 2. The van der Waals surface area contributed by atoms with Crippen molar-refractivity contribution in [2.24, 2.45) is 11.8 Å². The van der Waals surface area contributed by atoms with Crippen molar-refractivity contribution in [2.75, 3.05) is 26.0 Å². The second-order valence-corrected chi connectivity index (χ2v) is 7.94. The van der Waals surface area contributed by atoms with Crippen LogP contribution < -0.4 is 5.32 Å². The third-order valence-electron chi connectivity index (χ3n) is 3.67. The maximum absolute atomic E-state index is 11.9. The zero-order valence-corrected chi connectivity index (χ0v) is 14.1. The molecule has 0 heterocycles. The molecule has 0 unspecified atom stereocenters. The molecule has 1 aromatic carbocycles. The van der Waals surface area contributed by atoms with Crippen LogP contribution in [-0.2, 0) is 24.3 Å². The quantitative estimate of drug-likeness (QED) is 0.782. The minimum absolute atomic E-state index is 0.0849. The molecule has 7 nitrogen and oxygen atoms in total. The van der Waals surface area contributed by atoms with Gasteiger partial charge in [0.15, 0.2) is 6.61 Å². The molecule has 0 aliphatic heterocycles. The second-order valence-electron chi connectivity index (χ2n) is 5.79. The van der Waals surface area contributed by atoms with Crippen LogP contribution >= 0.6 is 0 Å². The molecule has 1 aliphatic rings. The molecular weight excluding hydrogens is 320 g/mol. The number of sulfonamides is 1. The largest absolute Gasteiger partial charge is 0.455 e. The zero-order chi connectivity index (χ0) is 17.2. The number of nitrogens with one attached hydrogen (secondary N) is 1. The Labute approximate surface area is 135 Å². The van der Waals surface area contributed by atoms with Crippen molar-refractivity contribution < 1.29 is 22.7 Å². The molecule has 1 amide bonds. The van der Waals surface area contributed by atoms with Gasteiger partial charge in [0.2, 0.25) is 10.0 Å². The van der Waals surface area contributed by atoms with Gasteiger partial charge in [-0.05, 0) is 36.6 Å². The standard InChI is InChI=1S/C15H20N2O5S/c1-10-8-13(10)15(19)22-9-14(18)16-11-4-6-12(7-5-11)23(20,21)17(2)3/h4-7,10,13H,8-9H2,1-3H3,(H,16,18)/t10-,13-/m1/s1. The molecule has 0 bridgehead atoms. The van der Waals surface area contributed by atoms with Gasteiger partial charge in [0.25, 0.3) is 5.91 Å². The van der Waals surface area contributed by atoms with Gasteiger partial charge in [0, 0.05) is 19.8 Å². The molecule has 0 radical (unpaired) electrons. The topological polar surface area (TPSA) is 92.8 Å². The van der Waals surface area contributed by atoms with E-state index in [9.17, 15) is 18.0 Å². The van der Waals surface area contributed by atoms with E-state index in [0.29, 0.717) is 11.6 Å². The van der Waals surface area contributed by atoms with E-state index in [4.69, 9.17) is 4.74 Å². The van der Waals surface area contributed by atoms with E-state index in [-0.39, 0.29) is 23.4 Å². The highest BCUT2D eigenvalue weighted by atomic mass is 32.2. The van der Waals surface area contributed by atoms with Crippen LogP contribution in [0.1, 0.15) is 13.3 Å². The Kier molecular flexibility index (Phi) is 5.06. The van der Waals surface area contributed by atoms with Crippen LogP contribution in [0.4, 0.5) is 5.69 Å². The van der Waals surface area contributed by atoms with Gasteiger partial charge in [-0.25, -0.2) is 12.7 Å². The molecule has 0 aromatic heterocycles. The van der Waals surface area contributed by atoms with E-state index in [1.807, 2.05) is 6.92 Å². The summed E-state index contributed by atoms with van der Waals surface area (Å²) in [6, 6.07) is 5.78. The average molecular weight is 340 g/mol. The van der Waals surface area contributed by atoms with Crippen molar-refractivity contribution in [3.8, 4) is 0 Å². The highest BCUT2D eigenvalue weighted by Crippen LogP contribution is 2.38. The molecular formula is C15H20N2O5S. The van der Waals surface area contributed by atoms with Gasteiger partial charge < -0.3 is 10.1 Å². The van der Waals surface area contributed by atoms with Crippen molar-refractivity contribution in [1.82, 2.24) is 4.31 Å². The van der Waals surface area contributed by atoms with Crippen LogP contribution in [0.15, 0.2) is 29.2 Å². The first-order valence-corrected chi connectivity index (χ1v) is 8.65. The maximum atomic E-state index is 11.9. The molecule has 1 aromatic rings. The van der Waals surface area contributed by atoms with Crippen molar-refractivity contribution in [3.05, 3.63) is 24.3 Å². The predicted molar refractivity (Wildman–Crippen MR) is 84.2 cm³/mol. The van der Waals surface area contributed by atoms with Crippen LogP contribution in [0.5, 0.6) is 0 Å². The monoisotopic (exact) mass is 340 g/mol. The lowest BCUT2D eigenvalue weighted by molar-refractivity contribution is -0.148. The third kappa shape index (κ3) is 4.29. The number of esters is 1. The first kappa shape index (κ1) is 17.4. The molecule has 8 heteroatoms. The van der Waals surface area contributed by atoms with Gasteiger partial charge in [-0.15, -0.1) is 0 Å². The highest BCUT2D eigenvalue weighted by Gasteiger charge is 2.40. The summed E-state index contributed by atoms with van der Waals surface area (Å²) in [7, 11) is -0.611. The summed E-state index contributed by atoms with van der Waals surface area (Å²) in [5.41, 5.74) is 0.434. The van der Waals surface area contributed by atoms with E-state index >= 15 is 0 Å². The minimum atomic E-state index is -3.50. The number of anilines is 1. The van der Waals surface area contributed by atoms with Crippen molar-refractivity contribution in [1.29, 1.82) is 0 Å². The molecule has 2 atom stereocenters. The van der Waals surface area contributed by atoms with E-state index in [1.165, 1.54) is 38.4 Å². The summed E-state index contributed by atoms with van der Waals surface area (Å²) in [4.78, 5) is 23.4. The summed E-state index contributed by atoms with van der Waals surface area (Å²) >= 11 is 0. The fourth-order valence-electron chi connectivity index (χ4n) is 2.01. The Balaban J connectivity index is 1.88. The molecule has 1 fully saturated rings. The molecule has 126 valence electrons. The number of amides is 1. The Bertz CT molecular complexity index is 697. The molecule has 1 aliphatic carbocycles. The van der Waals surface area contributed by atoms with Crippen molar-refractivity contribution in [3.63, 3.8) is 0 Å². The molecule has 0 saturated heterocycles. The third-order valence-corrected chi connectivity index (χ3v) is 5.50. The fourth-order valence-corrected chi connectivity index (χ4v) is 2.91. The lowest BCUT2D eigenvalue weighted by Crippen LogP contribution is -2.23. The molecule has 2 rings (SSSR count). The zero-order valence-electron chi connectivity index (χ0n) is 13.3. The number of benzene rings is 1. The number of ether oxygens (including phenoxy) is 1. The Morgan fingerprint density at radius 2 is 1.83 bits per heavy atom. The second kappa shape index (κ2) is 6.67. The summed E-state index contributed by atoms with van der Waals surface area (Å²) in [6.45, 7) is 1.61. The number of carbonyl (C=O) groups is 2. The van der Waals surface area contributed by atoms with Gasteiger partial charge in [-0.1, -0.05) is 6.92 Å². The molecule has 23 heavy (non-hydrogen) atoms. The fraction of sp³-hybridized carbons (Fsp3) is 0.467. The van der Waals surface area contributed by atoms with E-state index in [2.05, 4.69) is 5.32 Å². The number of hydrogen-bond donors (Lipinski definition) is 1.